The van der Waals surface area contributed by atoms with E-state index in [1.54, 1.807) is 12.3 Å². The molecule has 1 aliphatic rings. The number of thiophene rings is 1. The van der Waals surface area contributed by atoms with Crippen LogP contribution in [0.3, 0.4) is 0 Å². The normalized spacial score (nSPS) is 15.5. The number of nitrogen functional groups attached to an aromatic ring is 1. The Kier molecular flexibility index (Phi) is 4.84. The highest BCUT2D eigenvalue weighted by atomic mass is 32.1. The lowest BCUT2D eigenvalue weighted by molar-refractivity contribution is -0.121. The Balaban J connectivity index is 1.43. The highest BCUT2D eigenvalue weighted by Gasteiger charge is 2.23. The summed E-state index contributed by atoms with van der Waals surface area (Å²) in [6, 6.07) is 3.34. The van der Waals surface area contributed by atoms with Crippen molar-refractivity contribution in [2.75, 3.05) is 24.3 Å². The van der Waals surface area contributed by atoms with Crippen LogP contribution in [0.15, 0.2) is 29.5 Å². The molecular weight excluding hydrogens is 384 g/mol. The Labute approximate surface area is 163 Å². The fourth-order valence-corrected chi connectivity index (χ4v) is 3.85. The summed E-state index contributed by atoms with van der Waals surface area (Å²) in [5.41, 5.74) is 5.40. The van der Waals surface area contributed by atoms with Crippen LogP contribution in [0.2, 0.25) is 0 Å². The molecule has 1 atom stereocenters. The minimum Gasteiger partial charge on any atom is -0.474 e. The molecule has 3 aromatic heterocycles. The molecule has 0 spiro atoms. The topological polar surface area (TPSA) is 144 Å². The number of carbonyl (C=O) groups excluding carboxylic acids is 1. The van der Waals surface area contributed by atoms with Crippen LogP contribution in [-0.4, -0.2) is 44.8 Å². The number of pyridine rings is 1. The number of hydrogen-bond donors (Lipinski definition) is 4. The van der Waals surface area contributed by atoms with Gasteiger partial charge in [0.2, 0.25) is 11.8 Å². The number of aliphatic hydroxyl groups excluding tert-OH is 1. The first-order valence-electron chi connectivity index (χ1n) is 8.54. The van der Waals surface area contributed by atoms with Gasteiger partial charge in [0.05, 0.1) is 19.2 Å². The third-order valence-corrected chi connectivity index (χ3v) is 5.34. The number of amides is 1. The molecule has 10 nitrogen and oxygen atoms in total. The monoisotopic (exact) mass is 402 g/mol. The third kappa shape index (κ3) is 3.62. The van der Waals surface area contributed by atoms with Gasteiger partial charge in [-0.25, -0.2) is 9.97 Å². The first-order chi connectivity index (χ1) is 13.5. The van der Waals surface area contributed by atoms with E-state index in [4.69, 9.17) is 10.5 Å². The van der Waals surface area contributed by atoms with E-state index in [0.29, 0.717) is 12.4 Å². The molecular formula is C17H18N6O4S. The Bertz CT molecular complexity index is 1090. The van der Waals surface area contributed by atoms with Crippen molar-refractivity contribution in [3.63, 3.8) is 0 Å². The minimum absolute atomic E-state index is 0.148. The van der Waals surface area contributed by atoms with Crippen LogP contribution in [0.4, 0.5) is 11.5 Å². The third-order valence-electron chi connectivity index (χ3n) is 4.24. The lowest BCUT2D eigenvalue weighted by Gasteiger charge is -2.24. The van der Waals surface area contributed by atoms with Gasteiger partial charge in [0, 0.05) is 21.2 Å². The molecule has 0 radical (unpaired) electrons. The number of carbonyl (C=O) groups is 1. The van der Waals surface area contributed by atoms with E-state index < -0.39 is 5.56 Å². The Morgan fingerprint density at radius 2 is 2.32 bits per heavy atom. The summed E-state index contributed by atoms with van der Waals surface area (Å²) in [7, 11) is 0. The van der Waals surface area contributed by atoms with Crippen molar-refractivity contribution >= 4 is 38.8 Å². The molecule has 5 N–H and O–H groups in total. The maximum atomic E-state index is 12.5. The summed E-state index contributed by atoms with van der Waals surface area (Å²) >= 11 is 1.52. The van der Waals surface area contributed by atoms with Crippen LogP contribution < -0.4 is 26.7 Å². The van der Waals surface area contributed by atoms with Crippen molar-refractivity contribution in [2.45, 2.75) is 19.1 Å². The zero-order valence-electron chi connectivity index (χ0n) is 14.7. The fraction of sp³-hybridized carbons (Fsp3) is 0.294. The summed E-state index contributed by atoms with van der Waals surface area (Å²) < 4.78 is 7.54. The number of ether oxygens (including phenoxy) is 1. The standard InChI is InChI=1S/C17H18N6O4S/c18-13-2-12-9(3-19-13)1-11(28-12)4-20-14(25)5-23-8-21-16-15(17(23)26)22-10(6-24)7-27-16/h1-3,8,10,22,24H,4-7H2,(H2,18,19)(H,20,25)/t10-/m1/s1. The predicted molar refractivity (Wildman–Crippen MR) is 104 cm³/mol. The molecule has 4 rings (SSSR count). The van der Waals surface area contributed by atoms with Crippen molar-refractivity contribution in [1.29, 1.82) is 0 Å². The van der Waals surface area contributed by atoms with Crippen LogP contribution in [-0.2, 0) is 17.9 Å². The average Bonchev–Trinajstić information content (AvgIpc) is 3.10. The molecule has 0 saturated heterocycles. The Morgan fingerprint density at radius 1 is 1.46 bits per heavy atom. The number of hydrogen-bond acceptors (Lipinski definition) is 9. The minimum atomic E-state index is -0.429. The van der Waals surface area contributed by atoms with E-state index in [-0.39, 0.29) is 43.3 Å². The van der Waals surface area contributed by atoms with Crippen LogP contribution in [0.25, 0.3) is 10.1 Å². The van der Waals surface area contributed by atoms with Gasteiger partial charge in [0.1, 0.15) is 25.3 Å². The van der Waals surface area contributed by atoms with Crippen LogP contribution in [0.5, 0.6) is 5.88 Å². The highest BCUT2D eigenvalue weighted by molar-refractivity contribution is 7.19. The van der Waals surface area contributed by atoms with E-state index in [1.165, 1.54) is 22.2 Å². The van der Waals surface area contributed by atoms with Crippen LogP contribution in [0.1, 0.15) is 4.88 Å². The smallest absolute Gasteiger partial charge is 0.281 e. The summed E-state index contributed by atoms with van der Waals surface area (Å²) in [6.45, 7) is 0.199. The lowest BCUT2D eigenvalue weighted by Crippen LogP contribution is -2.40. The number of fused-ring (bicyclic) bond motifs is 2. The molecule has 0 bridgehead atoms. The van der Waals surface area contributed by atoms with Crippen LogP contribution in [0, 0.1) is 0 Å². The summed E-state index contributed by atoms with van der Waals surface area (Å²) in [4.78, 5) is 33.9. The average molecular weight is 402 g/mol. The van der Waals surface area contributed by atoms with Crippen molar-refractivity contribution in [3.05, 3.63) is 39.9 Å². The van der Waals surface area contributed by atoms with Crippen molar-refractivity contribution in [1.82, 2.24) is 19.9 Å². The molecule has 0 unspecified atom stereocenters. The molecule has 4 heterocycles. The number of nitrogens with one attached hydrogen (secondary N) is 2. The van der Waals surface area contributed by atoms with Gasteiger partial charge < -0.3 is 26.2 Å². The van der Waals surface area contributed by atoms with Gasteiger partial charge in [-0.3, -0.25) is 14.2 Å². The van der Waals surface area contributed by atoms with Gasteiger partial charge in [-0.2, -0.15) is 0 Å². The number of rotatable bonds is 5. The van der Waals surface area contributed by atoms with E-state index in [0.717, 1.165) is 15.0 Å². The SMILES string of the molecule is Nc1cc2sc(CNC(=O)Cn3cnc4c(c3=O)N[C@H](CO)CO4)cc2cn1. The largest absolute Gasteiger partial charge is 0.474 e. The van der Waals surface area contributed by atoms with E-state index in [1.807, 2.05) is 6.07 Å². The second kappa shape index (κ2) is 7.44. The molecule has 1 aliphatic heterocycles. The zero-order valence-corrected chi connectivity index (χ0v) is 15.5. The molecule has 0 fully saturated rings. The van der Waals surface area contributed by atoms with Crippen molar-refractivity contribution in [2.24, 2.45) is 0 Å². The Morgan fingerprint density at radius 3 is 3.14 bits per heavy atom. The van der Waals surface area contributed by atoms with Gasteiger partial charge >= 0.3 is 0 Å². The molecule has 0 saturated carbocycles. The maximum Gasteiger partial charge on any atom is 0.281 e. The molecule has 146 valence electrons. The molecule has 3 aromatic rings. The van der Waals surface area contributed by atoms with E-state index in [9.17, 15) is 14.7 Å². The highest BCUT2D eigenvalue weighted by Crippen LogP contribution is 2.26. The number of aromatic nitrogens is 3. The van der Waals surface area contributed by atoms with E-state index >= 15 is 0 Å². The van der Waals surface area contributed by atoms with Gasteiger partial charge in [0.25, 0.3) is 5.56 Å². The van der Waals surface area contributed by atoms with Crippen molar-refractivity contribution < 1.29 is 14.6 Å². The molecule has 0 aliphatic carbocycles. The summed E-state index contributed by atoms with van der Waals surface area (Å²) in [5, 5.41) is 15.9. The van der Waals surface area contributed by atoms with Crippen LogP contribution >= 0.6 is 11.3 Å². The number of aliphatic hydroxyl groups is 1. The lowest BCUT2D eigenvalue weighted by atomic mass is 10.3. The summed E-state index contributed by atoms with van der Waals surface area (Å²) in [6.07, 6.45) is 2.97. The van der Waals surface area contributed by atoms with Gasteiger partial charge in [-0.05, 0) is 12.1 Å². The Hall–Kier alpha value is -3.18. The zero-order chi connectivity index (χ0) is 19.7. The predicted octanol–water partition coefficient (Wildman–Crippen LogP) is -0.0832. The first kappa shape index (κ1) is 18.2. The van der Waals surface area contributed by atoms with Gasteiger partial charge in [-0.15, -0.1) is 11.3 Å². The molecule has 11 heteroatoms. The maximum absolute atomic E-state index is 12.5. The quantitative estimate of drug-likeness (QED) is 0.464. The number of nitrogens with two attached hydrogens (primary N) is 1. The van der Waals surface area contributed by atoms with Gasteiger partial charge in [0.15, 0.2) is 5.69 Å². The number of nitrogens with zero attached hydrogens (tertiary/aromatic N) is 3. The van der Waals surface area contributed by atoms with Crippen molar-refractivity contribution in [3.8, 4) is 5.88 Å². The summed E-state index contributed by atoms with van der Waals surface area (Å²) in [5.74, 6) is 0.296. The molecule has 0 aromatic carbocycles. The molecule has 1 amide bonds. The van der Waals surface area contributed by atoms with E-state index in [2.05, 4.69) is 20.6 Å². The second-order valence-corrected chi connectivity index (χ2v) is 7.50. The number of anilines is 2. The first-order valence-corrected chi connectivity index (χ1v) is 9.35. The van der Waals surface area contributed by atoms with Gasteiger partial charge in [-0.1, -0.05) is 0 Å². The fourth-order valence-electron chi connectivity index (χ4n) is 2.83. The molecule has 28 heavy (non-hydrogen) atoms. The second-order valence-electron chi connectivity index (χ2n) is 6.33.